The van der Waals surface area contributed by atoms with Crippen molar-refractivity contribution in [3.63, 3.8) is 0 Å². The van der Waals surface area contributed by atoms with Gasteiger partial charge in [0.1, 0.15) is 17.3 Å². The van der Waals surface area contributed by atoms with Gasteiger partial charge in [0.05, 0.1) is 24.8 Å². The molecule has 1 saturated heterocycles. The number of ketones is 1. The van der Waals surface area contributed by atoms with E-state index in [-0.39, 0.29) is 30.2 Å². The second-order valence-corrected chi connectivity index (χ2v) is 7.66. The smallest absolute Gasteiger partial charge is 0.295 e. The van der Waals surface area contributed by atoms with Gasteiger partial charge in [0.2, 0.25) is 0 Å². The number of Topliss-reactive ketones (excluding diaryl/α,β-unsaturated/α-hetero) is 1. The number of carbonyl (C=O) groups is 2. The third kappa shape index (κ3) is 5.11. The Kier molecular flexibility index (Phi) is 7.89. The number of benzene rings is 2. The lowest BCUT2D eigenvalue weighted by molar-refractivity contribution is -0.140. The molecule has 170 valence electrons. The fourth-order valence-corrected chi connectivity index (χ4v) is 3.75. The zero-order valence-corrected chi connectivity index (χ0v) is 18.4. The summed E-state index contributed by atoms with van der Waals surface area (Å²) >= 11 is 0. The highest BCUT2D eigenvalue weighted by atomic mass is 16.5. The number of methoxy groups -OCH3 is 1. The summed E-state index contributed by atoms with van der Waals surface area (Å²) in [6.07, 6.45) is 3.17. The molecule has 1 atom stereocenters. The van der Waals surface area contributed by atoms with E-state index in [2.05, 4.69) is 6.92 Å². The minimum atomic E-state index is -0.831. The van der Waals surface area contributed by atoms with Crippen LogP contribution in [0.25, 0.3) is 5.76 Å². The summed E-state index contributed by atoms with van der Waals surface area (Å²) in [6, 6.07) is 12.3. The average Bonchev–Trinajstić information content (AvgIpc) is 3.05. The standard InChI is InChI=1S/C25H29NO6/c1-3-4-5-14-32-20-11-9-17(10-12-20)23(28)21-22(18-7-6-8-19(27)16-18)26(13-15-31-2)25(30)24(21)29/h6-12,16,22,27-28H,3-5,13-15H2,1-2H3/b23-21-. The number of aliphatic hydroxyl groups is 1. The first-order valence-corrected chi connectivity index (χ1v) is 10.8. The number of unbranched alkanes of at least 4 members (excludes halogenated alkanes) is 2. The minimum Gasteiger partial charge on any atom is -0.508 e. The number of carbonyl (C=O) groups excluding carboxylic acids is 2. The number of phenolic OH excluding ortho intramolecular Hbond substituents is 1. The maximum absolute atomic E-state index is 12.9. The molecular formula is C25H29NO6. The van der Waals surface area contributed by atoms with Crippen molar-refractivity contribution in [2.75, 3.05) is 26.9 Å². The SMILES string of the molecule is CCCCCOc1ccc(/C(O)=C2/C(=O)C(=O)N(CCOC)C2c2cccc(O)c2)cc1. The van der Waals surface area contributed by atoms with E-state index >= 15 is 0 Å². The number of ether oxygens (including phenoxy) is 2. The summed E-state index contributed by atoms with van der Waals surface area (Å²) in [5.74, 6) is -1.08. The van der Waals surface area contributed by atoms with Gasteiger partial charge in [0.15, 0.2) is 0 Å². The fraction of sp³-hybridized carbons (Fsp3) is 0.360. The lowest BCUT2D eigenvalue weighted by Gasteiger charge is -2.25. The predicted molar refractivity (Wildman–Crippen MR) is 120 cm³/mol. The highest BCUT2D eigenvalue weighted by Crippen LogP contribution is 2.40. The summed E-state index contributed by atoms with van der Waals surface area (Å²) in [5.41, 5.74) is 0.909. The molecule has 0 radical (unpaired) electrons. The number of amides is 1. The van der Waals surface area contributed by atoms with E-state index in [0.717, 1.165) is 19.3 Å². The Morgan fingerprint density at radius 1 is 1.06 bits per heavy atom. The van der Waals surface area contributed by atoms with E-state index < -0.39 is 17.7 Å². The Balaban J connectivity index is 1.96. The average molecular weight is 440 g/mol. The van der Waals surface area contributed by atoms with Crippen LogP contribution in [-0.2, 0) is 14.3 Å². The summed E-state index contributed by atoms with van der Waals surface area (Å²) in [4.78, 5) is 27.0. The molecule has 0 spiro atoms. The molecule has 1 unspecified atom stereocenters. The van der Waals surface area contributed by atoms with Crippen LogP contribution in [0.2, 0.25) is 0 Å². The molecule has 1 heterocycles. The van der Waals surface area contributed by atoms with Gasteiger partial charge in [0, 0.05) is 19.2 Å². The van der Waals surface area contributed by atoms with E-state index in [1.54, 1.807) is 36.4 Å². The van der Waals surface area contributed by atoms with Gasteiger partial charge in [-0.2, -0.15) is 0 Å². The number of aliphatic hydroxyl groups excluding tert-OH is 1. The maximum atomic E-state index is 12.9. The zero-order chi connectivity index (χ0) is 23.1. The van der Waals surface area contributed by atoms with Gasteiger partial charge in [0.25, 0.3) is 11.7 Å². The number of hydrogen-bond acceptors (Lipinski definition) is 6. The summed E-state index contributed by atoms with van der Waals surface area (Å²) in [5, 5.41) is 21.0. The molecule has 2 N–H and O–H groups in total. The third-order valence-electron chi connectivity index (χ3n) is 5.41. The van der Waals surface area contributed by atoms with E-state index in [1.807, 2.05) is 0 Å². The number of rotatable bonds is 10. The summed E-state index contributed by atoms with van der Waals surface area (Å²) < 4.78 is 10.8. The van der Waals surface area contributed by atoms with E-state index in [0.29, 0.717) is 23.5 Å². The first-order chi connectivity index (χ1) is 15.5. The van der Waals surface area contributed by atoms with Crippen molar-refractivity contribution in [1.82, 2.24) is 4.90 Å². The highest BCUT2D eigenvalue weighted by Gasteiger charge is 2.45. The van der Waals surface area contributed by atoms with Crippen LogP contribution < -0.4 is 4.74 Å². The molecule has 1 aliphatic heterocycles. The van der Waals surface area contributed by atoms with Gasteiger partial charge in [-0.15, -0.1) is 0 Å². The second-order valence-electron chi connectivity index (χ2n) is 7.66. The van der Waals surface area contributed by atoms with Crippen LogP contribution in [-0.4, -0.2) is 53.7 Å². The molecule has 7 heteroatoms. The Morgan fingerprint density at radius 3 is 2.47 bits per heavy atom. The van der Waals surface area contributed by atoms with Gasteiger partial charge in [-0.1, -0.05) is 31.9 Å². The molecule has 2 aromatic rings. The molecule has 0 aliphatic carbocycles. The van der Waals surface area contributed by atoms with Gasteiger partial charge in [-0.05, 0) is 48.4 Å². The molecular weight excluding hydrogens is 410 g/mol. The largest absolute Gasteiger partial charge is 0.508 e. The minimum absolute atomic E-state index is 0.00408. The van der Waals surface area contributed by atoms with Crippen LogP contribution in [0.4, 0.5) is 0 Å². The Morgan fingerprint density at radius 2 is 1.81 bits per heavy atom. The van der Waals surface area contributed by atoms with Crippen LogP contribution in [0.15, 0.2) is 54.1 Å². The molecule has 0 bridgehead atoms. The van der Waals surface area contributed by atoms with E-state index in [1.165, 1.54) is 24.1 Å². The molecule has 1 amide bonds. The first-order valence-electron chi connectivity index (χ1n) is 10.8. The van der Waals surface area contributed by atoms with Crippen molar-refractivity contribution >= 4 is 17.4 Å². The Labute approximate surface area is 187 Å². The van der Waals surface area contributed by atoms with Crippen molar-refractivity contribution in [1.29, 1.82) is 0 Å². The summed E-state index contributed by atoms with van der Waals surface area (Å²) in [6.45, 7) is 3.14. The molecule has 7 nitrogen and oxygen atoms in total. The number of likely N-dealkylation sites (tertiary alicyclic amines) is 1. The van der Waals surface area contributed by atoms with Crippen LogP contribution in [0, 0.1) is 0 Å². The topological polar surface area (TPSA) is 96.3 Å². The normalized spacial score (nSPS) is 17.7. The van der Waals surface area contributed by atoms with Gasteiger partial charge in [-0.3, -0.25) is 9.59 Å². The Bertz CT molecular complexity index is 982. The van der Waals surface area contributed by atoms with Crippen LogP contribution in [0.1, 0.15) is 43.4 Å². The Hall–Kier alpha value is -3.32. The van der Waals surface area contributed by atoms with Gasteiger partial charge in [-0.25, -0.2) is 0 Å². The number of aromatic hydroxyl groups is 1. The lowest BCUT2D eigenvalue weighted by atomic mass is 9.95. The molecule has 0 saturated carbocycles. The van der Waals surface area contributed by atoms with Gasteiger partial charge < -0.3 is 24.6 Å². The predicted octanol–water partition coefficient (Wildman–Crippen LogP) is 4.03. The highest BCUT2D eigenvalue weighted by molar-refractivity contribution is 6.46. The van der Waals surface area contributed by atoms with Crippen molar-refractivity contribution in [2.24, 2.45) is 0 Å². The summed E-state index contributed by atoms with van der Waals surface area (Å²) in [7, 11) is 1.51. The van der Waals surface area contributed by atoms with E-state index in [4.69, 9.17) is 9.47 Å². The van der Waals surface area contributed by atoms with Crippen molar-refractivity contribution < 1.29 is 29.3 Å². The van der Waals surface area contributed by atoms with Crippen molar-refractivity contribution in [3.05, 3.63) is 65.2 Å². The van der Waals surface area contributed by atoms with Crippen molar-refractivity contribution in [2.45, 2.75) is 32.2 Å². The van der Waals surface area contributed by atoms with Crippen LogP contribution in [0.3, 0.4) is 0 Å². The maximum Gasteiger partial charge on any atom is 0.295 e. The second kappa shape index (κ2) is 10.8. The zero-order valence-electron chi connectivity index (χ0n) is 18.4. The van der Waals surface area contributed by atoms with Crippen molar-refractivity contribution in [3.8, 4) is 11.5 Å². The quantitative estimate of drug-likeness (QED) is 0.251. The monoisotopic (exact) mass is 439 g/mol. The molecule has 3 rings (SSSR count). The van der Waals surface area contributed by atoms with Gasteiger partial charge >= 0.3 is 0 Å². The molecule has 1 fully saturated rings. The number of nitrogens with zero attached hydrogens (tertiary/aromatic N) is 1. The number of hydrogen-bond donors (Lipinski definition) is 2. The fourth-order valence-electron chi connectivity index (χ4n) is 3.75. The van der Waals surface area contributed by atoms with Crippen LogP contribution in [0.5, 0.6) is 11.5 Å². The molecule has 32 heavy (non-hydrogen) atoms. The molecule has 0 aromatic heterocycles. The number of phenols is 1. The van der Waals surface area contributed by atoms with E-state index in [9.17, 15) is 19.8 Å². The third-order valence-corrected chi connectivity index (χ3v) is 5.41. The first kappa shape index (κ1) is 23.3. The molecule has 2 aromatic carbocycles. The lowest BCUT2D eigenvalue weighted by Crippen LogP contribution is -2.32. The molecule has 1 aliphatic rings. The van der Waals surface area contributed by atoms with Crippen LogP contribution >= 0.6 is 0 Å².